The van der Waals surface area contributed by atoms with Gasteiger partial charge in [-0.1, -0.05) is 23.7 Å². The second-order valence-electron chi connectivity index (χ2n) is 6.12. The van der Waals surface area contributed by atoms with Gasteiger partial charge in [-0.3, -0.25) is 4.79 Å². The molecule has 27 heavy (non-hydrogen) atoms. The van der Waals surface area contributed by atoms with E-state index in [0.717, 1.165) is 11.3 Å². The highest BCUT2D eigenvalue weighted by Crippen LogP contribution is 2.32. The molecule has 0 bridgehead atoms. The van der Waals surface area contributed by atoms with E-state index < -0.39 is 10.0 Å². The molecule has 0 radical (unpaired) electrons. The van der Waals surface area contributed by atoms with Crippen LogP contribution in [-0.4, -0.2) is 33.5 Å². The lowest BCUT2D eigenvalue weighted by Crippen LogP contribution is -2.34. The number of carbonyl (C=O) groups is 1. The molecule has 2 heterocycles. The molecule has 1 saturated heterocycles. The number of sulfonamides is 1. The first-order valence-electron chi connectivity index (χ1n) is 7.94. The molecule has 5 nitrogen and oxygen atoms in total. The van der Waals surface area contributed by atoms with Crippen molar-refractivity contribution in [1.29, 1.82) is 0 Å². The molecular weight excluding hydrogens is 433 g/mol. The SMILES string of the molecule is Cc1cc(CC(=O)c2cc(S(=O)(=O)N[C@H]3CCOC3)sc2Cl)ccc1F.S. The predicted molar refractivity (Wildman–Crippen MR) is 108 cm³/mol. The predicted octanol–water partition coefficient (Wildman–Crippen LogP) is 3.45. The van der Waals surface area contributed by atoms with E-state index in [1.54, 1.807) is 13.0 Å². The van der Waals surface area contributed by atoms with Crippen molar-refractivity contribution in [2.75, 3.05) is 13.2 Å². The Hall–Kier alpha value is -0.970. The highest BCUT2D eigenvalue weighted by atomic mass is 35.5. The van der Waals surface area contributed by atoms with Crippen molar-refractivity contribution in [3.63, 3.8) is 0 Å². The van der Waals surface area contributed by atoms with Crippen molar-refractivity contribution in [1.82, 2.24) is 4.72 Å². The molecule has 1 aliphatic heterocycles. The van der Waals surface area contributed by atoms with Gasteiger partial charge < -0.3 is 4.74 Å². The average molecular weight is 452 g/mol. The first kappa shape index (κ1) is 22.3. The molecule has 0 saturated carbocycles. The largest absolute Gasteiger partial charge is 0.380 e. The van der Waals surface area contributed by atoms with E-state index in [1.807, 2.05) is 0 Å². The lowest BCUT2D eigenvalue weighted by molar-refractivity contribution is 0.0993. The van der Waals surface area contributed by atoms with Crippen molar-refractivity contribution in [2.24, 2.45) is 0 Å². The molecule has 1 atom stereocenters. The van der Waals surface area contributed by atoms with Crippen molar-refractivity contribution in [3.05, 3.63) is 51.1 Å². The van der Waals surface area contributed by atoms with Crippen LogP contribution >= 0.6 is 36.4 Å². The molecule has 1 N–H and O–H groups in total. The van der Waals surface area contributed by atoms with E-state index in [2.05, 4.69) is 4.72 Å². The molecule has 1 aromatic carbocycles. The van der Waals surface area contributed by atoms with Crippen molar-refractivity contribution in [2.45, 2.75) is 30.0 Å². The Balaban J connectivity index is 0.00000261. The Bertz CT molecular complexity index is 940. The summed E-state index contributed by atoms with van der Waals surface area (Å²) >= 11 is 6.95. The van der Waals surface area contributed by atoms with E-state index in [1.165, 1.54) is 18.2 Å². The lowest BCUT2D eigenvalue weighted by atomic mass is 10.0. The normalized spacial score (nSPS) is 16.9. The van der Waals surface area contributed by atoms with Crippen LogP contribution < -0.4 is 4.72 Å². The minimum Gasteiger partial charge on any atom is -0.380 e. The van der Waals surface area contributed by atoms with Gasteiger partial charge in [0.25, 0.3) is 0 Å². The van der Waals surface area contributed by atoms with E-state index in [-0.39, 0.29) is 51.7 Å². The fourth-order valence-corrected chi connectivity index (χ4v) is 5.70. The summed E-state index contributed by atoms with van der Waals surface area (Å²) in [7, 11) is -3.76. The molecule has 10 heteroatoms. The van der Waals surface area contributed by atoms with Crippen LogP contribution in [0.2, 0.25) is 4.34 Å². The summed E-state index contributed by atoms with van der Waals surface area (Å²) in [6.45, 7) is 2.46. The number of hydrogen-bond donors (Lipinski definition) is 1. The van der Waals surface area contributed by atoms with Crippen LogP contribution in [0.15, 0.2) is 28.5 Å². The highest BCUT2D eigenvalue weighted by Gasteiger charge is 2.27. The summed E-state index contributed by atoms with van der Waals surface area (Å²) in [5.74, 6) is -0.659. The number of aryl methyl sites for hydroxylation is 1. The zero-order valence-corrected chi connectivity index (χ0v) is 17.8. The zero-order valence-electron chi connectivity index (χ0n) is 14.4. The maximum absolute atomic E-state index is 13.3. The highest BCUT2D eigenvalue weighted by molar-refractivity contribution is 7.91. The van der Waals surface area contributed by atoms with Gasteiger partial charge in [0.2, 0.25) is 10.0 Å². The van der Waals surface area contributed by atoms with Gasteiger partial charge in [0, 0.05) is 24.6 Å². The number of nitrogens with one attached hydrogen (secondary N) is 1. The maximum atomic E-state index is 13.3. The molecule has 3 rings (SSSR count). The third kappa shape index (κ3) is 5.30. The molecule has 0 aliphatic carbocycles. The van der Waals surface area contributed by atoms with Gasteiger partial charge in [-0.15, -0.1) is 11.3 Å². The number of hydrogen-bond acceptors (Lipinski definition) is 5. The number of ether oxygens (including phenoxy) is 1. The number of thiophene rings is 1. The third-order valence-electron chi connectivity index (χ3n) is 4.07. The Morgan fingerprint density at radius 2 is 2.15 bits per heavy atom. The smallest absolute Gasteiger partial charge is 0.250 e. The number of benzene rings is 1. The van der Waals surface area contributed by atoms with Crippen molar-refractivity contribution < 1.29 is 22.3 Å². The summed E-state index contributed by atoms with van der Waals surface area (Å²) in [6.07, 6.45) is 0.620. The molecular formula is C17H19ClFNO4S3. The Morgan fingerprint density at radius 1 is 1.41 bits per heavy atom. The zero-order chi connectivity index (χ0) is 18.9. The topological polar surface area (TPSA) is 72.5 Å². The molecule has 0 amide bonds. The Morgan fingerprint density at radius 3 is 2.78 bits per heavy atom. The van der Waals surface area contributed by atoms with E-state index in [9.17, 15) is 17.6 Å². The summed E-state index contributed by atoms with van der Waals surface area (Å²) in [6, 6.07) is 5.44. The van der Waals surface area contributed by atoms with Crippen molar-refractivity contribution in [3.8, 4) is 0 Å². The van der Waals surface area contributed by atoms with Gasteiger partial charge >= 0.3 is 0 Å². The molecule has 1 aromatic heterocycles. The first-order chi connectivity index (χ1) is 12.3. The monoisotopic (exact) mass is 451 g/mol. The number of Topliss-reactive ketones (excluding diaryl/α,β-unsaturated/α-hetero) is 1. The van der Waals surface area contributed by atoms with Crippen LogP contribution in [0.25, 0.3) is 0 Å². The van der Waals surface area contributed by atoms with Gasteiger partial charge in [-0.25, -0.2) is 17.5 Å². The van der Waals surface area contributed by atoms with Gasteiger partial charge in [-0.2, -0.15) is 13.5 Å². The van der Waals surface area contributed by atoms with Gasteiger partial charge in [0.15, 0.2) is 5.78 Å². The summed E-state index contributed by atoms with van der Waals surface area (Å²) in [5, 5.41) is 0. The quantitative estimate of drug-likeness (QED) is 0.683. The minimum absolute atomic E-state index is 0. The van der Waals surface area contributed by atoms with Crippen molar-refractivity contribution >= 4 is 52.2 Å². The fraction of sp³-hybridized carbons (Fsp3) is 0.353. The standard InChI is InChI=1S/C17H17ClFNO4S2.H2S/c1-10-6-11(2-3-14(10)19)7-15(21)13-8-16(25-17(13)18)26(22,23)20-12-4-5-24-9-12;/h2-3,6,8,12,20H,4-5,7,9H2,1H3;1H2/t12-;/m0./s1. The summed E-state index contributed by atoms with van der Waals surface area (Å²) in [4.78, 5) is 12.5. The van der Waals surface area contributed by atoms with Crippen LogP contribution in [-0.2, 0) is 21.2 Å². The molecule has 148 valence electrons. The minimum atomic E-state index is -3.76. The fourth-order valence-electron chi connectivity index (χ4n) is 2.67. The molecule has 2 aromatic rings. The molecule has 1 aliphatic rings. The number of carbonyl (C=O) groups excluding carboxylic acids is 1. The number of ketones is 1. The van der Waals surface area contributed by atoms with E-state index in [0.29, 0.717) is 30.8 Å². The molecule has 0 spiro atoms. The van der Waals surface area contributed by atoms with E-state index >= 15 is 0 Å². The van der Waals surface area contributed by atoms with Crippen LogP contribution in [0.3, 0.4) is 0 Å². The maximum Gasteiger partial charge on any atom is 0.250 e. The third-order valence-corrected chi connectivity index (χ3v) is 7.42. The first-order valence-corrected chi connectivity index (χ1v) is 10.6. The molecule has 0 unspecified atom stereocenters. The summed E-state index contributed by atoms with van der Waals surface area (Å²) < 4.78 is 46.1. The van der Waals surface area contributed by atoms with Gasteiger partial charge in [0.1, 0.15) is 14.4 Å². The average Bonchev–Trinajstić information content (AvgIpc) is 3.20. The van der Waals surface area contributed by atoms with Crippen LogP contribution in [0.1, 0.15) is 27.9 Å². The second kappa shape index (κ2) is 9.02. The Kier molecular flexibility index (Phi) is 7.46. The second-order valence-corrected chi connectivity index (χ2v) is 9.71. The van der Waals surface area contributed by atoms with Crippen LogP contribution in [0.4, 0.5) is 4.39 Å². The molecule has 1 fully saturated rings. The number of halogens is 2. The van der Waals surface area contributed by atoms with Gasteiger partial charge in [-0.05, 0) is 36.6 Å². The Labute approximate surface area is 173 Å². The lowest BCUT2D eigenvalue weighted by Gasteiger charge is -2.09. The summed E-state index contributed by atoms with van der Waals surface area (Å²) in [5.41, 5.74) is 1.24. The van der Waals surface area contributed by atoms with Gasteiger partial charge in [0.05, 0.1) is 6.61 Å². The number of rotatable bonds is 6. The van der Waals surface area contributed by atoms with E-state index in [4.69, 9.17) is 16.3 Å². The van der Waals surface area contributed by atoms with Crippen LogP contribution in [0.5, 0.6) is 0 Å². The van der Waals surface area contributed by atoms with Crippen LogP contribution in [0, 0.1) is 12.7 Å².